The Morgan fingerprint density at radius 2 is 2.21 bits per heavy atom. The zero-order valence-corrected chi connectivity index (χ0v) is 10.2. The lowest BCUT2D eigenvalue weighted by Crippen LogP contribution is -2.20. The van der Waals surface area contributed by atoms with Crippen LogP contribution in [-0.4, -0.2) is 11.5 Å². The van der Waals surface area contributed by atoms with Gasteiger partial charge in [-0.2, -0.15) is 0 Å². The molecule has 2 aromatic rings. The normalized spacial score (nSPS) is 13.6. The van der Waals surface area contributed by atoms with Gasteiger partial charge in [0, 0.05) is 6.54 Å². The Hall–Kier alpha value is -2.50. The lowest BCUT2D eigenvalue weighted by Gasteiger charge is -2.19. The summed E-state index contributed by atoms with van der Waals surface area (Å²) in [6.07, 6.45) is 0.934. The second kappa shape index (κ2) is 4.31. The number of furan rings is 1. The highest BCUT2D eigenvalue weighted by atomic mass is 16.6. The number of benzene rings is 1. The first-order valence-electron chi connectivity index (χ1n) is 6.00. The molecule has 2 heterocycles. The summed E-state index contributed by atoms with van der Waals surface area (Å²) in [6, 6.07) is 8.86. The maximum atomic E-state index is 10.6. The first-order chi connectivity index (χ1) is 9.15. The summed E-state index contributed by atoms with van der Waals surface area (Å²) in [5.41, 5.74) is 8.95. The second-order valence-electron chi connectivity index (χ2n) is 4.52. The van der Waals surface area contributed by atoms with Gasteiger partial charge in [-0.3, -0.25) is 10.1 Å². The van der Waals surface area contributed by atoms with E-state index in [0.717, 1.165) is 24.3 Å². The van der Waals surface area contributed by atoms with Gasteiger partial charge in [-0.1, -0.05) is 12.1 Å². The number of para-hydroxylation sites is 1. The van der Waals surface area contributed by atoms with Crippen LogP contribution in [0.4, 0.5) is 17.3 Å². The van der Waals surface area contributed by atoms with Gasteiger partial charge in [0.05, 0.1) is 24.0 Å². The van der Waals surface area contributed by atoms with E-state index >= 15 is 0 Å². The number of hydrogen-bond acceptors (Lipinski definition) is 5. The van der Waals surface area contributed by atoms with Gasteiger partial charge < -0.3 is 15.1 Å². The first kappa shape index (κ1) is 11.6. The average molecular weight is 259 g/mol. The van der Waals surface area contributed by atoms with Crippen LogP contribution in [0.1, 0.15) is 11.3 Å². The zero-order chi connectivity index (χ0) is 13.4. The molecule has 98 valence electrons. The van der Waals surface area contributed by atoms with Crippen molar-refractivity contribution < 1.29 is 9.34 Å². The maximum absolute atomic E-state index is 10.6. The van der Waals surface area contributed by atoms with Gasteiger partial charge in [-0.25, -0.2) is 0 Å². The molecule has 3 rings (SSSR count). The zero-order valence-electron chi connectivity index (χ0n) is 10.2. The van der Waals surface area contributed by atoms with Gasteiger partial charge in [0.15, 0.2) is 0 Å². The van der Waals surface area contributed by atoms with Gasteiger partial charge in [0.25, 0.3) is 0 Å². The number of nitrogens with zero attached hydrogens (tertiary/aromatic N) is 2. The maximum Gasteiger partial charge on any atom is 0.433 e. The van der Waals surface area contributed by atoms with Crippen molar-refractivity contribution in [2.24, 2.45) is 0 Å². The topological polar surface area (TPSA) is 85.5 Å². The van der Waals surface area contributed by atoms with Gasteiger partial charge in [0.1, 0.15) is 10.7 Å². The third kappa shape index (κ3) is 2.01. The van der Waals surface area contributed by atoms with Crippen LogP contribution in [0, 0.1) is 10.1 Å². The van der Waals surface area contributed by atoms with Crippen molar-refractivity contribution in [3.63, 3.8) is 0 Å². The Kier molecular flexibility index (Phi) is 2.63. The molecule has 0 bridgehead atoms. The van der Waals surface area contributed by atoms with E-state index in [-0.39, 0.29) is 5.88 Å². The molecule has 0 saturated heterocycles. The Morgan fingerprint density at radius 3 is 2.95 bits per heavy atom. The molecule has 0 aliphatic carbocycles. The van der Waals surface area contributed by atoms with E-state index in [0.29, 0.717) is 12.3 Å². The Morgan fingerprint density at radius 1 is 1.37 bits per heavy atom. The van der Waals surface area contributed by atoms with E-state index in [4.69, 9.17) is 10.2 Å². The Bertz CT molecular complexity index is 636. The van der Waals surface area contributed by atoms with Crippen molar-refractivity contribution in [1.29, 1.82) is 0 Å². The third-order valence-corrected chi connectivity index (χ3v) is 3.29. The largest absolute Gasteiger partial charge is 0.433 e. The summed E-state index contributed by atoms with van der Waals surface area (Å²) < 4.78 is 5.18. The predicted octanol–water partition coefficient (Wildman–Crippen LogP) is 2.33. The molecule has 1 aliphatic heterocycles. The van der Waals surface area contributed by atoms with Gasteiger partial charge in [0.2, 0.25) is 0 Å². The monoisotopic (exact) mass is 259 g/mol. The smallest absolute Gasteiger partial charge is 0.404 e. The minimum atomic E-state index is -0.532. The number of hydrogen-bond donors (Lipinski definition) is 1. The van der Waals surface area contributed by atoms with Crippen LogP contribution in [0.3, 0.4) is 0 Å². The Balaban J connectivity index is 1.84. The van der Waals surface area contributed by atoms with Crippen molar-refractivity contribution >= 4 is 17.3 Å². The SMILES string of the molecule is Nc1cccc2c1N(Cc1ccc([N+](=O)[O-])o1)CC2. The van der Waals surface area contributed by atoms with Crippen molar-refractivity contribution in [2.45, 2.75) is 13.0 Å². The van der Waals surface area contributed by atoms with E-state index in [1.807, 2.05) is 12.1 Å². The summed E-state index contributed by atoms with van der Waals surface area (Å²) in [6.45, 7) is 1.34. The molecule has 19 heavy (non-hydrogen) atoms. The van der Waals surface area contributed by atoms with Gasteiger partial charge >= 0.3 is 5.88 Å². The molecule has 0 unspecified atom stereocenters. The molecule has 6 nitrogen and oxygen atoms in total. The quantitative estimate of drug-likeness (QED) is 0.519. The summed E-state index contributed by atoms with van der Waals surface area (Å²) in [5, 5.41) is 10.6. The molecule has 0 amide bonds. The molecule has 0 saturated carbocycles. The molecule has 0 radical (unpaired) electrons. The van der Waals surface area contributed by atoms with E-state index in [1.54, 1.807) is 6.07 Å². The number of nitrogen functional groups attached to an aromatic ring is 1. The highest BCUT2D eigenvalue weighted by Crippen LogP contribution is 2.34. The second-order valence-corrected chi connectivity index (χ2v) is 4.52. The van der Waals surface area contributed by atoms with Crippen LogP contribution in [0.25, 0.3) is 0 Å². The van der Waals surface area contributed by atoms with Crippen LogP contribution >= 0.6 is 0 Å². The number of nitro groups is 1. The number of fused-ring (bicyclic) bond motifs is 1. The fourth-order valence-electron chi connectivity index (χ4n) is 2.46. The van der Waals surface area contributed by atoms with Gasteiger partial charge in [-0.15, -0.1) is 0 Å². The van der Waals surface area contributed by atoms with Gasteiger partial charge in [-0.05, 0) is 24.1 Å². The van der Waals surface area contributed by atoms with Crippen LogP contribution < -0.4 is 10.6 Å². The van der Waals surface area contributed by atoms with Crippen molar-refractivity contribution in [3.05, 3.63) is 51.8 Å². The minimum Gasteiger partial charge on any atom is -0.404 e. The number of anilines is 2. The molecule has 0 spiro atoms. The molecule has 2 N–H and O–H groups in total. The molecule has 0 fully saturated rings. The van der Waals surface area contributed by atoms with Crippen LogP contribution in [0.5, 0.6) is 0 Å². The highest BCUT2D eigenvalue weighted by Gasteiger charge is 2.23. The summed E-state index contributed by atoms with van der Waals surface area (Å²) in [4.78, 5) is 12.1. The fraction of sp³-hybridized carbons (Fsp3) is 0.231. The number of nitrogens with two attached hydrogens (primary N) is 1. The summed E-state index contributed by atoms with van der Waals surface area (Å²) in [5.74, 6) is 0.346. The summed E-state index contributed by atoms with van der Waals surface area (Å²) >= 11 is 0. The van der Waals surface area contributed by atoms with Crippen molar-refractivity contribution in [1.82, 2.24) is 0 Å². The van der Waals surface area contributed by atoms with Crippen molar-refractivity contribution in [2.75, 3.05) is 17.2 Å². The fourth-order valence-corrected chi connectivity index (χ4v) is 2.46. The molecule has 1 aliphatic rings. The van der Waals surface area contributed by atoms with E-state index < -0.39 is 4.92 Å². The lowest BCUT2D eigenvalue weighted by atomic mass is 10.1. The third-order valence-electron chi connectivity index (χ3n) is 3.29. The lowest BCUT2D eigenvalue weighted by molar-refractivity contribution is -0.402. The molecule has 6 heteroatoms. The average Bonchev–Trinajstić information content (AvgIpc) is 2.98. The summed E-state index contributed by atoms with van der Waals surface area (Å²) in [7, 11) is 0. The standard InChI is InChI=1S/C13H13N3O3/c14-11-3-1-2-9-6-7-15(13(9)11)8-10-4-5-12(19-10)16(17)18/h1-5H,6-8,14H2. The molecular weight excluding hydrogens is 246 g/mol. The first-order valence-corrected chi connectivity index (χ1v) is 6.00. The molecule has 0 atom stereocenters. The van der Waals surface area contributed by atoms with E-state index in [9.17, 15) is 10.1 Å². The van der Waals surface area contributed by atoms with E-state index in [2.05, 4.69) is 11.0 Å². The molecule has 1 aromatic carbocycles. The number of rotatable bonds is 3. The van der Waals surface area contributed by atoms with Crippen LogP contribution in [-0.2, 0) is 13.0 Å². The highest BCUT2D eigenvalue weighted by molar-refractivity contribution is 5.74. The molecular formula is C13H13N3O3. The van der Waals surface area contributed by atoms with Crippen LogP contribution in [0.15, 0.2) is 34.7 Å². The molecule has 1 aromatic heterocycles. The van der Waals surface area contributed by atoms with E-state index in [1.165, 1.54) is 11.6 Å². The minimum absolute atomic E-state index is 0.226. The van der Waals surface area contributed by atoms with Crippen LogP contribution in [0.2, 0.25) is 0 Å². The van der Waals surface area contributed by atoms with Crippen molar-refractivity contribution in [3.8, 4) is 0 Å². The predicted molar refractivity (Wildman–Crippen MR) is 71.0 cm³/mol. The Labute approximate surface area is 109 Å².